The molecule has 0 bridgehead atoms. The Balaban J connectivity index is 1.84. The van der Waals surface area contributed by atoms with Gasteiger partial charge < -0.3 is 14.7 Å². The van der Waals surface area contributed by atoms with E-state index in [0.29, 0.717) is 12.2 Å². The maximum atomic E-state index is 13.0. The zero-order valence-corrected chi connectivity index (χ0v) is 17.0. The number of nitro groups is 1. The number of non-ortho nitro benzene ring substituents is 1. The smallest absolute Gasteiger partial charge is 0.295 e. The standard InChI is InChI=1S/C23H22N2O6/c1-14-5-2-6-15(11-14)20-19(21(26)16-7-3-8-17(12-16)25(29)30)22(27)23(28)24(20)13-18-9-4-10-31-18/h2-3,5-8,11-12,18,20,26H,4,9-10,13H2,1H3/b21-19-. The van der Waals surface area contributed by atoms with E-state index in [9.17, 15) is 24.8 Å². The number of aliphatic hydroxyl groups is 1. The lowest BCUT2D eigenvalue weighted by atomic mass is 9.94. The molecule has 0 radical (unpaired) electrons. The molecule has 2 aliphatic heterocycles. The molecule has 0 aromatic heterocycles. The molecule has 2 aliphatic rings. The first-order valence-corrected chi connectivity index (χ1v) is 10.1. The van der Waals surface area contributed by atoms with Crippen molar-refractivity contribution >= 4 is 23.1 Å². The van der Waals surface area contributed by atoms with Gasteiger partial charge in [-0.15, -0.1) is 0 Å². The Morgan fingerprint density at radius 3 is 2.68 bits per heavy atom. The number of Topliss-reactive ketones (excluding diaryl/α,β-unsaturated/α-hetero) is 1. The van der Waals surface area contributed by atoms with Crippen LogP contribution in [0.5, 0.6) is 0 Å². The van der Waals surface area contributed by atoms with Crippen molar-refractivity contribution in [3.63, 3.8) is 0 Å². The van der Waals surface area contributed by atoms with E-state index in [1.165, 1.54) is 29.2 Å². The third-order valence-electron chi connectivity index (χ3n) is 5.65. The topological polar surface area (TPSA) is 110 Å². The van der Waals surface area contributed by atoms with E-state index in [-0.39, 0.29) is 29.5 Å². The van der Waals surface area contributed by atoms with Crippen LogP contribution in [0.1, 0.15) is 35.6 Å². The molecule has 0 saturated carbocycles. The van der Waals surface area contributed by atoms with Crippen LogP contribution in [0.15, 0.2) is 54.1 Å². The lowest BCUT2D eigenvalue weighted by Crippen LogP contribution is -2.36. The minimum atomic E-state index is -0.812. The SMILES string of the molecule is Cc1cccc(C2/C(=C(/O)c3cccc([N+](=O)[O-])c3)C(=O)C(=O)N2CC2CCCO2)c1. The zero-order chi connectivity index (χ0) is 22.1. The van der Waals surface area contributed by atoms with Crippen molar-refractivity contribution in [2.75, 3.05) is 13.2 Å². The molecule has 31 heavy (non-hydrogen) atoms. The zero-order valence-electron chi connectivity index (χ0n) is 17.0. The van der Waals surface area contributed by atoms with Gasteiger partial charge in [0.1, 0.15) is 5.76 Å². The van der Waals surface area contributed by atoms with Crippen LogP contribution < -0.4 is 0 Å². The number of hydrogen-bond acceptors (Lipinski definition) is 6. The van der Waals surface area contributed by atoms with Gasteiger partial charge in [0.05, 0.1) is 22.6 Å². The van der Waals surface area contributed by atoms with Gasteiger partial charge in [-0.1, -0.05) is 42.0 Å². The predicted molar refractivity (Wildman–Crippen MR) is 112 cm³/mol. The average Bonchev–Trinajstić information content (AvgIpc) is 3.36. The van der Waals surface area contributed by atoms with E-state index in [4.69, 9.17) is 4.74 Å². The number of aliphatic hydroxyl groups excluding tert-OH is 1. The number of carbonyl (C=O) groups excluding carboxylic acids is 2. The van der Waals surface area contributed by atoms with Crippen LogP contribution >= 0.6 is 0 Å². The number of hydrogen-bond donors (Lipinski definition) is 1. The Morgan fingerprint density at radius 2 is 2.00 bits per heavy atom. The minimum absolute atomic E-state index is 0.0749. The highest BCUT2D eigenvalue weighted by molar-refractivity contribution is 6.46. The van der Waals surface area contributed by atoms with Gasteiger partial charge >= 0.3 is 0 Å². The van der Waals surface area contributed by atoms with Crippen LogP contribution in [-0.2, 0) is 14.3 Å². The van der Waals surface area contributed by atoms with Gasteiger partial charge in [0.15, 0.2) is 0 Å². The normalized spacial score (nSPS) is 22.8. The average molecular weight is 422 g/mol. The van der Waals surface area contributed by atoms with Crippen LogP contribution in [0.25, 0.3) is 5.76 Å². The molecule has 0 aliphatic carbocycles. The van der Waals surface area contributed by atoms with Gasteiger partial charge in [0.25, 0.3) is 17.4 Å². The Bertz CT molecular complexity index is 1090. The number of likely N-dealkylation sites (tertiary alicyclic amines) is 1. The molecule has 1 amide bonds. The number of benzene rings is 2. The Kier molecular flexibility index (Phi) is 5.56. The van der Waals surface area contributed by atoms with Gasteiger partial charge in [0, 0.05) is 30.8 Å². The molecule has 8 nitrogen and oxygen atoms in total. The molecule has 2 saturated heterocycles. The number of ketones is 1. The molecule has 0 spiro atoms. The lowest BCUT2D eigenvalue weighted by Gasteiger charge is -2.27. The molecule has 2 unspecified atom stereocenters. The molecule has 2 fully saturated rings. The predicted octanol–water partition coefficient (Wildman–Crippen LogP) is 3.50. The van der Waals surface area contributed by atoms with Gasteiger partial charge in [-0.05, 0) is 25.3 Å². The molecule has 2 aromatic carbocycles. The van der Waals surface area contributed by atoms with Crippen LogP contribution in [0, 0.1) is 17.0 Å². The van der Waals surface area contributed by atoms with Crippen LogP contribution in [-0.4, -0.2) is 45.9 Å². The Morgan fingerprint density at radius 1 is 1.23 bits per heavy atom. The second-order valence-electron chi connectivity index (χ2n) is 7.81. The summed E-state index contributed by atoms with van der Waals surface area (Å²) in [5.74, 6) is -1.95. The Labute approximate surface area is 178 Å². The van der Waals surface area contributed by atoms with E-state index in [1.54, 1.807) is 6.07 Å². The number of aryl methyl sites for hydroxylation is 1. The van der Waals surface area contributed by atoms with Gasteiger partial charge in [-0.3, -0.25) is 19.7 Å². The summed E-state index contributed by atoms with van der Waals surface area (Å²) in [5.41, 5.74) is 1.44. The van der Waals surface area contributed by atoms with Crippen molar-refractivity contribution in [3.8, 4) is 0 Å². The molecular weight excluding hydrogens is 400 g/mol. The maximum Gasteiger partial charge on any atom is 0.295 e. The molecular formula is C23H22N2O6. The summed E-state index contributed by atoms with van der Waals surface area (Å²) < 4.78 is 5.67. The maximum absolute atomic E-state index is 13.0. The monoisotopic (exact) mass is 422 g/mol. The van der Waals surface area contributed by atoms with Crippen LogP contribution in [0.3, 0.4) is 0 Å². The third kappa shape index (κ3) is 3.94. The number of rotatable bonds is 5. The lowest BCUT2D eigenvalue weighted by molar-refractivity contribution is -0.384. The quantitative estimate of drug-likeness (QED) is 0.260. The fraction of sp³-hybridized carbons (Fsp3) is 0.304. The summed E-state index contributed by atoms with van der Waals surface area (Å²) in [7, 11) is 0. The molecule has 1 N–H and O–H groups in total. The molecule has 4 rings (SSSR count). The molecule has 8 heteroatoms. The van der Waals surface area contributed by atoms with E-state index >= 15 is 0 Å². The first-order valence-electron chi connectivity index (χ1n) is 10.1. The minimum Gasteiger partial charge on any atom is -0.507 e. The fourth-order valence-corrected chi connectivity index (χ4v) is 4.19. The highest BCUT2D eigenvalue weighted by Gasteiger charge is 2.47. The number of nitrogens with zero attached hydrogens (tertiary/aromatic N) is 2. The second kappa shape index (κ2) is 8.31. The Hall–Kier alpha value is -3.52. The number of amides is 1. The van der Waals surface area contributed by atoms with Gasteiger partial charge in [-0.2, -0.15) is 0 Å². The number of nitro benzene ring substituents is 1. The molecule has 2 atom stereocenters. The first-order chi connectivity index (χ1) is 14.9. The van der Waals surface area contributed by atoms with Crippen molar-refractivity contribution in [1.29, 1.82) is 0 Å². The van der Waals surface area contributed by atoms with Gasteiger partial charge in [-0.25, -0.2) is 0 Å². The summed E-state index contributed by atoms with van der Waals surface area (Å²) in [6, 6.07) is 12.0. The number of carbonyl (C=O) groups is 2. The third-order valence-corrected chi connectivity index (χ3v) is 5.65. The molecule has 2 heterocycles. The van der Waals surface area contributed by atoms with E-state index in [2.05, 4.69) is 0 Å². The highest BCUT2D eigenvalue weighted by Crippen LogP contribution is 2.40. The van der Waals surface area contributed by atoms with Crippen molar-refractivity contribution in [1.82, 2.24) is 4.90 Å². The van der Waals surface area contributed by atoms with Crippen molar-refractivity contribution < 1.29 is 24.4 Å². The summed E-state index contributed by atoms with van der Waals surface area (Å²) >= 11 is 0. The molecule has 2 aromatic rings. The second-order valence-corrected chi connectivity index (χ2v) is 7.81. The van der Waals surface area contributed by atoms with Crippen LogP contribution in [0.2, 0.25) is 0 Å². The summed E-state index contributed by atoms with van der Waals surface area (Å²) in [6.45, 7) is 2.74. The molecule has 160 valence electrons. The van der Waals surface area contributed by atoms with Crippen molar-refractivity contribution in [2.45, 2.75) is 31.9 Å². The van der Waals surface area contributed by atoms with E-state index in [1.807, 2.05) is 25.1 Å². The van der Waals surface area contributed by atoms with Crippen LogP contribution in [0.4, 0.5) is 5.69 Å². The number of ether oxygens (including phenoxy) is 1. The largest absolute Gasteiger partial charge is 0.507 e. The van der Waals surface area contributed by atoms with E-state index in [0.717, 1.165) is 18.4 Å². The summed E-state index contributed by atoms with van der Waals surface area (Å²) in [5, 5.41) is 22.2. The van der Waals surface area contributed by atoms with E-state index < -0.39 is 28.4 Å². The highest BCUT2D eigenvalue weighted by atomic mass is 16.6. The van der Waals surface area contributed by atoms with Gasteiger partial charge in [0.2, 0.25) is 0 Å². The van der Waals surface area contributed by atoms with Crippen molar-refractivity contribution in [2.24, 2.45) is 0 Å². The van der Waals surface area contributed by atoms with Crippen molar-refractivity contribution in [3.05, 3.63) is 80.9 Å². The summed E-state index contributed by atoms with van der Waals surface area (Å²) in [6.07, 6.45) is 1.49. The first kappa shape index (κ1) is 20.7. The fourth-order valence-electron chi connectivity index (χ4n) is 4.19. The summed E-state index contributed by atoms with van der Waals surface area (Å²) in [4.78, 5) is 38.0.